The molecule has 0 bridgehead atoms. The lowest BCUT2D eigenvalue weighted by Gasteiger charge is -2.39. The molecule has 3 unspecified atom stereocenters. The summed E-state index contributed by atoms with van der Waals surface area (Å²) in [7, 11) is 0. The van der Waals surface area contributed by atoms with Crippen LogP contribution in [0.5, 0.6) is 0 Å². The molecule has 0 amide bonds. The molecule has 2 fully saturated rings. The number of hydrogen-bond acceptors (Lipinski definition) is 4. The van der Waals surface area contributed by atoms with Crippen LogP contribution < -0.4 is 0 Å². The van der Waals surface area contributed by atoms with E-state index in [-0.39, 0.29) is 17.4 Å². The molecule has 0 spiro atoms. The van der Waals surface area contributed by atoms with Gasteiger partial charge in [-0.15, -0.1) is 0 Å². The van der Waals surface area contributed by atoms with Crippen molar-refractivity contribution < 1.29 is 19.1 Å². The van der Waals surface area contributed by atoms with E-state index in [9.17, 15) is 9.59 Å². The summed E-state index contributed by atoms with van der Waals surface area (Å²) < 4.78 is 10.2. The number of cyclic esters (lactones) is 2. The van der Waals surface area contributed by atoms with E-state index in [1.54, 1.807) is 0 Å². The van der Waals surface area contributed by atoms with Crippen molar-refractivity contribution >= 4 is 11.9 Å². The third-order valence-corrected chi connectivity index (χ3v) is 3.96. The van der Waals surface area contributed by atoms with Crippen molar-refractivity contribution in [1.29, 1.82) is 0 Å². The molecule has 1 aliphatic carbocycles. The molecule has 3 aliphatic rings. The number of rotatable bonds is 0. The second kappa shape index (κ2) is 2.50. The second-order valence-electron chi connectivity index (χ2n) is 5.77. The number of carbonyl (C=O) groups excluding carboxylic acids is 2. The van der Waals surface area contributed by atoms with Crippen molar-refractivity contribution in [1.82, 2.24) is 0 Å². The number of epoxide rings is 1. The summed E-state index contributed by atoms with van der Waals surface area (Å²) in [6, 6.07) is 0. The zero-order valence-electron chi connectivity index (χ0n) is 9.57. The second-order valence-corrected chi connectivity index (χ2v) is 5.77. The highest BCUT2D eigenvalue weighted by Gasteiger charge is 2.67. The van der Waals surface area contributed by atoms with Crippen molar-refractivity contribution in [3.63, 3.8) is 0 Å². The minimum absolute atomic E-state index is 0.0407. The van der Waals surface area contributed by atoms with Crippen molar-refractivity contribution in [2.75, 3.05) is 0 Å². The van der Waals surface area contributed by atoms with E-state index >= 15 is 0 Å². The number of ether oxygens (including phenoxy) is 2. The average molecular weight is 222 g/mol. The van der Waals surface area contributed by atoms with Gasteiger partial charge in [-0.25, -0.2) is 0 Å². The Kier molecular flexibility index (Phi) is 1.54. The molecular weight excluding hydrogens is 208 g/mol. The molecular formula is C12H14O4. The van der Waals surface area contributed by atoms with Crippen molar-refractivity contribution in [2.45, 2.75) is 33.3 Å². The number of fused-ring (bicyclic) bond motifs is 2. The summed E-state index contributed by atoms with van der Waals surface area (Å²) in [4.78, 5) is 23.7. The zero-order valence-corrected chi connectivity index (χ0v) is 9.57. The summed E-state index contributed by atoms with van der Waals surface area (Å²) in [5.74, 6) is -0.351. The van der Waals surface area contributed by atoms with Crippen LogP contribution in [0.4, 0.5) is 0 Å². The molecule has 0 radical (unpaired) electrons. The van der Waals surface area contributed by atoms with E-state index in [1.807, 2.05) is 26.8 Å². The largest absolute Gasteiger partial charge is 0.483 e. The third kappa shape index (κ3) is 0.950. The van der Waals surface area contributed by atoms with E-state index in [4.69, 9.17) is 9.47 Å². The summed E-state index contributed by atoms with van der Waals surface area (Å²) in [5, 5.41) is 0. The van der Waals surface area contributed by atoms with Gasteiger partial charge in [0.25, 0.3) is 0 Å². The monoisotopic (exact) mass is 222 g/mol. The highest BCUT2D eigenvalue weighted by molar-refractivity contribution is 6.01. The van der Waals surface area contributed by atoms with Crippen LogP contribution in [0.25, 0.3) is 0 Å². The first-order valence-electron chi connectivity index (χ1n) is 5.52. The summed E-state index contributed by atoms with van der Waals surface area (Å²) in [5.41, 5.74) is -1.17. The first-order valence-corrected chi connectivity index (χ1v) is 5.52. The normalized spacial score (nSPS) is 40.6. The van der Waals surface area contributed by atoms with Crippen LogP contribution in [-0.2, 0) is 19.1 Å². The standard InChI is InChI=1S/C12H14O4/c1-11(2,3)12-5-8-7(15-8)4-6(12)9(13)16-10(12)14/h5-7H,4H2,1-3H3. The Morgan fingerprint density at radius 2 is 2.06 bits per heavy atom. The van der Waals surface area contributed by atoms with Gasteiger partial charge in [-0.3, -0.25) is 9.59 Å². The van der Waals surface area contributed by atoms with Gasteiger partial charge in [0, 0.05) is 6.42 Å². The zero-order chi connectivity index (χ0) is 11.7. The van der Waals surface area contributed by atoms with E-state index in [0.29, 0.717) is 6.42 Å². The van der Waals surface area contributed by atoms with Gasteiger partial charge in [-0.05, 0) is 11.5 Å². The predicted molar refractivity (Wildman–Crippen MR) is 54.1 cm³/mol. The molecule has 4 nitrogen and oxygen atoms in total. The molecule has 3 atom stereocenters. The van der Waals surface area contributed by atoms with Crippen molar-refractivity contribution in [3.8, 4) is 0 Å². The van der Waals surface area contributed by atoms with Crippen LogP contribution in [0, 0.1) is 16.7 Å². The lowest BCUT2D eigenvalue weighted by molar-refractivity contribution is -0.156. The van der Waals surface area contributed by atoms with Crippen molar-refractivity contribution in [2.24, 2.45) is 16.7 Å². The van der Waals surface area contributed by atoms with E-state index in [0.717, 1.165) is 5.76 Å². The molecule has 2 heterocycles. The molecule has 0 saturated carbocycles. The first kappa shape index (κ1) is 9.87. The highest BCUT2D eigenvalue weighted by Crippen LogP contribution is 2.59. The molecule has 16 heavy (non-hydrogen) atoms. The molecule has 3 rings (SSSR count). The fraction of sp³-hybridized carbons (Fsp3) is 0.667. The van der Waals surface area contributed by atoms with Crippen LogP contribution in [0.3, 0.4) is 0 Å². The molecule has 0 aromatic carbocycles. The molecule has 0 aromatic heterocycles. The lowest BCUT2D eigenvalue weighted by atomic mass is 9.58. The maximum absolute atomic E-state index is 12.0. The molecule has 4 heteroatoms. The van der Waals surface area contributed by atoms with E-state index < -0.39 is 17.4 Å². The van der Waals surface area contributed by atoms with Crippen LogP contribution in [0.1, 0.15) is 27.2 Å². The van der Waals surface area contributed by atoms with Gasteiger partial charge < -0.3 is 9.47 Å². The Bertz CT molecular complexity index is 429. The SMILES string of the molecule is CC(C)(C)C12C=C3OC3CC1C(=O)OC2=O. The van der Waals surface area contributed by atoms with Crippen LogP contribution in [0.2, 0.25) is 0 Å². The van der Waals surface area contributed by atoms with Crippen LogP contribution >= 0.6 is 0 Å². The molecule has 2 aliphatic heterocycles. The quantitative estimate of drug-likeness (QED) is 0.353. The van der Waals surface area contributed by atoms with Crippen molar-refractivity contribution in [3.05, 3.63) is 11.8 Å². The number of hydrogen-bond donors (Lipinski definition) is 0. The van der Waals surface area contributed by atoms with Gasteiger partial charge in [-0.2, -0.15) is 0 Å². The highest BCUT2D eigenvalue weighted by atomic mass is 16.6. The summed E-state index contributed by atoms with van der Waals surface area (Å²) in [6.45, 7) is 5.87. The molecule has 86 valence electrons. The maximum Gasteiger partial charge on any atom is 0.325 e. The van der Waals surface area contributed by atoms with E-state index in [2.05, 4.69) is 0 Å². The van der Waals surface area contributed by atoms with Gasteiger partial charge in [0.2, 0.25) is 0 Å². The Balaban J connectivity index is 2.19. The lowest BCUT2D eigenvalue weighted by Crippen LogP contribution is -2.45. The minimum Gasteiger partial charge on any atom is -0.483 e. The summed E-state index contributed by atoms with van der Waals surface area (Å²) in [6.07, 6.45) is 2.44. The smallest absolute Gasteiger partial charge is 0.325 e. The third-order valence-electron chi connectivity index (χ3n) is 3.96. The van der Waals surface area contributed by atoms with E-state index in [1.165, 1.54) is 0 Å². The minimum atomic E-state index is -0.827. The topological polar surface area (TPSA) is 55.9 Å². The Hall–Kier alpha value is -1.32. The van der Waals surface area contributed by atoms with Crippen LogP contribution in [-0.4, -0.2) is 18.0 Å². The first-order chi connectivity index (χ1) is 7.36. The Labute approximate surface area is 93.6 Å². The van der Waals surface area contributed by atoms with Gasteiger partial charge in [0.05, 0.1) is 5.92 Å². The van der Waals surface area contributed by atoms with Gasteiger partial charge in [0.1, 0.15) is 11.2 Å². The number of esters is 2. The predicted octanol–water partition coefficient (Wildman–Crippen LogP) is 1.40. The Morgan fingerprint density at radius 3 is 2.69 bits per heavy atom. The summed E-state index contributed by atoms with van der Waals surface area (Å²) >= 11 is 0. The van der Waals surface area contributed by atoms with Crippen LogP contribution in [0.15, 0.2) is 11.8 Å². The molecule has 0 aromatic rings. The van der Waals surface area contributed by atoms with Gasteiger partial charge >= 0.3 is 11.9 Å². The molecule has 0 N–H and O–H groups in total. The van der Waals surface area contributed by atoms with Gasteiger partial charge in [0.15, 0.2) is 6.10 Å². The Morgan fingerprint density at radius 1 is 1.38 bits per heavy atom. The molecule has 2 saturated heterocycles. The number of carbonyl (C=O) groups is 2. The fourth-order valence-electron chi connectivity index (χ4n) is 2.92. The average Bonchev–Trinajstić information content (AvgIpc) is 2.85. The van der Waals surface area contributed by atoms with Gasteiger partial charge in [-0.1, -0.05) is 20.8 Å². The maximum atomic E-state index is 12.0. The fourth-order valence-corrected chi connectivity index (χ4v) is 2.92.